The van der Waals surface area contributed by atoms with Crippen LogP contribution in [0.5, 0.6) is 0 Å². The molecule has 0 atom stereocenters. The van der Waals surface area contributed by atoms with Crippen molar-refractivity contribution in [3.05, 3.63) is 53.9 Å². The second-order valence-electron chi connectivity index (χ2n) is 5.50. The predicted molar refractivity (Wildman–Crippen MR) is 86.4 cm³/mol. The van der Waals surface area contributed by atoms with E-state index < -0.39 is 10.0 Å². The summed E-state index contributed by atoms with van der Waals surface area (Å²) in [5, 5.41) is 0. The zero-order valence-corrected chi connectivity index (χ0v) is 13.7. The Hall–Kier alpha value is -2.25. The molecule has 2 aromatic rings. The lowest BCUT2D eigenvalue weighted by atomic mass is 10.2. The molecule has 1 amide bonds. The Bertz CT molecular complexity index is 850. The van der Waals surface area contributed by atoms with Crippen molar-refractivity contribution in [1.29, 1.82) is 0 Å². The van der Waals surface area contributed by atoms with Crippen LogP contribution in [-0.2, 0) is 27.8 Å². The fourth-order valence-electron chi connectivity index (χ4n) is 2.59. The van der Waals surface area contributed by atoms with E-state index in [0.717, 1.165) is 11.3 Å². The van der Waals surface area contributed by atoms with Gasteiger partial charge in [-0.2, -0.15) is 4.31 Å². The van der Waals surface area contributed by atoms with Crippen LogP contribution in [0.2, 0.25) is 0 Å². The van der Waals surface area contributed by atoms with E-state index in [-0.39, 0.29) is 23.8 Å². The van der Waals surface area contributed by atoms with Crippen LogP contribution in [0.1, 0.15) is 11.3 Å². The lowest BCUT2D eigenvalue weighted by molar-refractivity contribution is -0.117. The monoisotopic (exact) mass is 331 g/mol. The van der Waals surface area contributed by atoms with Crippen molar-refractivity contribution in [3.63, 3.8) is 0 Å². The minimum Gasteiger partial charge on any atom is -0.315 e. The molecule has 7 heteroatoms. The maximum atomic E-state index is 12.7. The van der Waals surface area contributed by atoms with Crippen LogP contribution in [0.25, 0.3) is 0 Å². The second-order valence-corrected chi connectivity index (χ2v) is 7.55. The first kappa shape index (κ1) is 15.6. The third kappa shape index (κ3) is 2.85. The molecule has 1 aromatic carbocycles. The number of hydrogen-bond donors (Lipinski definition) is 0. The van der Waals surface area contributed by atoms with Gasteiger partial charge in [0.1, 0.15) is 0 Å². The Morgan fingerprint density at radius 2 is 2.04 bits per heavy atom. The van der Waals surface area contributed by atoms with E-state index in [4.69, 9.17) is 0 Å². The molecule has 0 spiro atoms. The van der Waals surface area contributed by atoms with Gasteiger partial charge in [0.2, 0.25) is 15.9 Å². The average Bonchev–Trinajstić information content (AvgIpc) is 2.82. The quantitative estimate of drug-likeness (QED) is 0.849. The summed E-state index contributed by atoms with van der Waals surface area (Å²) in [6.45, 7) is 0.194. The minimum atomic E-state index is -3.63. The van der Waals surface area contributed by atoms with Crippen molar-refractivity contribution in [2.24, 2.45) is 0 Å². The molecule has 3 rings (SSSR count). The van der Waals surface area contributed by atoms with Gasteiger partial charge in [-0.1, -0.05) is 6.07 Å². The molecule has 0 N–H and O–H groups in total. The molecule has 0 saturated heterocycles. The highest BCUT2D eigenvalue weighted by atomic mass is 32.2. The lowest BCUT2D eigenvalue weighted by Crippen LogP contribution is -2.27. The molecule has 6 nitrogen and oxygen atoms in total. The number of fused-ring (bicyclic) bond motifs is 1. The van der Waals surface area contributed by atoms with Gasteiger partial charge in [0.15, 0.2) is 0 Å². The topological polar surface area (TPSA) is 70.6 Å². The number of hydrogen-bond acceptors (Lipinski definition) is 4. The summed E-state index contributed by atoms with van der Waals surface area (Å²) < 4.78 is 26.7. The summed E-state index contributed by atoms with van der Waals surface area (Å²) in [4.78, 5) is 17.6. The smallest absolute Gasteiger partial charge is 0.243 e. The van der Waals surface area contributed by atoms with E-state index in [1.54, 1.807) is 42.4 Å². The van der Waals surface area contributed by atoms with Crippen LogP contribution in [-0.4, -0.2) is 37.7 Å². The molecular formula is C16H17N3O3S. The van der Waals surface area contributed by atoms with Gasteiger partial charge in [-0.05, 0) is 35.9 Å². The van der Waals surface area contributed by atoms with Crippen LogP contribution in [0, 0.1) is 0 Å². The number of carbonyl (C=O) groups excluding carboxylic acids is 1. The van der Waals surface area contributed by atoms with Crippen LogP contribution in [0.4, 0.5) is 5.69 Å². The number of amides is 1. The van der Waals surface area contributed by atoms with Crippen LogP contribution in [0.3, 0.4) is 0 Å². The summed E-state index contributed by atoms with van der Waals surface area (Å²) in [5.41, 5.74) is 2.18. The molecule has 1 aromatic heterocycles. The maximum Gasteiger partial charge on any atom is 0.243 e. The standard InChI is InChI=1S/C16H17N3O3S/c1-18(11-13-5-3-4-8-17-13)23(21,22)14-6-7-15-12(9-14)10-16(20)19(15)2/h3-9H,10-11H2,1-2H3. The van der Waals surface area contributed by atoms with E-state index in [1.807, 2.05) is 6.07 Å². The zero-order valence-electron chi connectivity index (χ0n) is 12.9. The third-order valence-corrected chi connectivity index (χ3v) is 5.75. The number of benzene rings is 1. The van der Waals surface area contributed by atoms with E-state index in [1.165, 1.54) is 17.4 Å². The number of pyridine rings is 1. The molecule has 0 fully saturated rings. The van der Waals surface area contributed by atoms with Crippen molar-refractivity contribution in [1.82, 2.24) is 9.29 Å². The summed E-state index contributed by atoms with van der Waals surface area (Å²) in [6, 6.07) is 10.2. The van der Waals surface area contributed by atoms with Crippen molar-refractivity contribution < 1.29 is 13.2 Å². The molecule has 0 saturated carbocycles. The minimum absolute atomic E-state index is 0.0311. The Morgan fingerprint density at radius 3 is 2.74 bits per heavy atom. The second kappa shape index (κ2) is 5.75. The first-order valence-corrected chi connectivity index (χ1v) is 8.59. The van der Waals surface area contributed by atoms with Gasteiger partial charge in [0, 0.05) is 26.0 Å². The summed E-state index contributed by atoms with van der Waals surface area (Å²) in [7, 11) is -0.418. The number of nitrogens with zero attached hydrogens (tertiary/aromatic N) is 3. The summed E-state index contributed by atoms with van der Waals surface area (Å²) >= 11 is 0. The Kier molecular flexibility index (Phi) is 3.91. The Morgan fingerprint density at radius 1 is 1.26 bits per heavy atom. The number of carbonyl (C=O) groups is 1. The third-order valence-electron chi connectivity index (χ3n) is 3.95. The number of likely N-dealkylation sites (N-methyl/N-ethyl adjacent to an activating group) is 1. The average molecular weight is 331 g/mol. The predicted octanol–water partition coefficient (Wildman–Crippen LogP) is 1.42. The molecule has 2 heterocycles. The molecule has 0 aliphatic carbocycles. The van der Waals surface area contributed by atoms with Gasteiger partial charge in [-0.15, -0.1) is 0 Å². The van der Waals surface area contributed by atoms with Crippen molar-refractivity contribution in [2.45, 2.75) is 17.9 Å². The zero-order chi connectivity index (χ0) is 16.6. The van der Waals surface area contributed by atoms with Crippen molar-refractivity contribution in [2.75, 3.05) is 19.0 Å². The first-order chi connectivity index (χ1) is 10.9. The number of aromatic nitrogens is 1. The molecule has 0 unspecified atom stereocenters. The van der Waals surface area contributed by atoms with Gasteiger partial charge in [0.25, 0.3) is 0 Å². The normalized spacial score (nSPS) is 14.4. The van der Waals surface area contributed by atoms with Gasteiger partial charge in [-0.3, -0.25) is 9.78 Å². The van der Waals surface area contributed by atoms with E-state index in [9.17, 15) is 13.2 Å². The summed E-state index contributed by atoms with van der Waals surface area (Å²) in [5.74, 6) is -0.0311. The van der Waals surface area contributed by atoms with Gasteiger partial charge < -0.3 is 4.90 Å². The molecule has 1 aliphatic heterocycles. The van der Waals surface area contributed by atoms with Crippen LogP contribution >= 0.6 is 0 Å². The molecule has 1 aliphatic rings. The Balaban J connectivity index is 1.89. The molecule has 0 radical (unpaired) electrons. The number of sulfonamides is 1. The van der Waals surface area contributed by atoms with Crippen LogP contribution < -0.4 is 4.90 Å². The van der Waals surface area contributed by atoms with Crippen molar-refractivity contribution in [3.8, 4) is 0 Å². The fraction of sp³-hybridized carbons (Fsp3) is 0.250. The molecular weight excluding hydrogens is 314 g/mol. The van der Waals surface area contributed by atoms with E-state index in [0.29, 0.717) is 5.69 Å². The highest BCUT2D eigenvalue weighted by molar-refractivity contribution is 7.89. The first-order valence-electron chi connectivity index (χ1n) is 7.15. The van der Waals surface area contributed by atoms with Crippen LogP contribution in [0.15, 0.2) is 47.5 Å². The lowest BCUT2D eigenvalue weighted by Gasteiger charge is -2.17. The summed E-state index contributed by atoms with van der Waals surface area (Å²) in [6.07, 6.45) is 1.87. The highest BCUT2D eigenvalue weighted by Gasteiger charge is 2.28. The number of anilines is 1. The largest absolute Gasteiger partial charge is 0.315 e. The van der Waals surface area contributed by atoms with Gasteiger partial charge in [0.05, 0.1) is 23.6 Å². The Labute approximate surface area is 135 Å². The SMILES string of the molecule is CN1C(=O)Cc2cc(S(=O)(=O)N(C)Cc3ccccn3)ccc21. The van der Waals surface area contributed by atoms with Gasteiger partial charge >= 0.3 is 0 Å². The van der Waals surface area contributed by atoms with E-state index >= 15 is 0 Å². The molecule has 120 valence electrons. The van der Waals surface area contributed by atoms with Crippen molar-refractivity contribution >= 4 is 21.6 Å². The number of rotatable bonds is 4. The highest BCUT2D eigenvalue weighted by Crippen LogP contribution is 2.30. The molecule has 23 heavy (non-hydrogen) atoms. The van der Waals surface area contributed by atoms with E-state index in [2.05, 4.69) is 4.98 Å². The molecule has 0 bridgehead atoms. The van der Waals surface area contributed by atoms with Gasteiger partial charge in [-0.25, -0.2) is 8.42 Å². The maximum absolute atomic E-state index is 12.7. The fourth-order valence-corrected chi connectivity index (χ4v) is 3.79.